The van der Waals surface area contributed by atoms with Crippen molar-refractivity contribution in [3.8, 4) is 0 Å². The van der Waals surface area contributed by atoms with E-state index >= 15 is 0 Å². The van der Waals surface area contributed by atoms with Gasteiger partial charge in [0.15, 0.2) is 11.5 Å². The average Bonchev–Trinajstić information content (AvgIpc) is 2.92. The highest BCUT2D eigenvalue weighted by Crippen LogP contribution is 2.29. The number of pyridine rings is 1. The molecular weight excluding hydrogens is 250 g/mol. The van der Waals surface area contributed by atoms with E-state index in [4.69, 9.17) is 0 Å². The minimum atomic E-state index is 0.234. The summed E-state index contributed by atoms with van der Waals surface area (Å²) in [7, 11) is 0. The van der Waals surface area contributed by atoms with Gasteiger partial charge in [0.2, 0.25) is 0 Å². The van der Waals surface area contributed by atoms with E-state index in [-0.39, 0.29) is 6.04 Å². The number of nitrogens with zero attached hydrogens (tertiary/aromatic N) is 4. The third kappa shape index (κ3) is 2.01. The van der Waals surface area contributed by atoms with E-state index in [0.29, 0.717) is 6.04 Å². The molecule has 3 aliphatic heterocycles. The zero-order chi connectivity index (χ0) is 13.5. The van der Waals surface area contributed by atoms with Gasteiger partial charge in [0.1, 0.15) is 0 Å². The predicted octanol–water partition coefficient (Wildman–Crippen LogP) is 1.47. The molecule has 0 aliphatic carbocycles. The Kier molecular flexibility index (Phi) is 2.97. The van der Waals surface area contributed by atoms with Gasteiger partial charge in [-0.2, -0.15) is 0 Å². The van der Waals surface area contributed by atoms with Gasteiger partial charge in [-0.3, -0.25) is 4.40 Å². The van der Waals surface area contributed by atoms with Crippen molar-refractivity contribution in [2.45, 2.75) is 31.8 Å². The van der Waals surface area contributed by atoms with E-state index in [1.807, 2.05) is 24.4 Å². The quantitative estimate of drug-likeness (QED) is 0.918. The predicted molar refractivity (Wildman–Crippen MR) is 77.5 cm³/mol. The molecule has 3 aliphatic rings. The van der Waals surface area contributed by atoms with Gasteiger partial charge >= 0.3 is 0 Å². The number of piperidine rings is 3. The van der Waals surface area contributed by atoms with Crippen LogP contribution in [-0.2, 0) is 0 Å². The SMILES string of the molecule is CC(NC1CN2CCC1CC2)c1nnc2ccccn12. The van der Waals surface area contributed by atoms with Gasteiger partial charge in [-0.15, -0.1) is 10.2 Å². The summed E-state index contributed by atoms with van der Waals surface area (Å²) in [6.45, 7) is 5.95. The van der Waals surface area contributed by atoms with Crippen LogP contribution in [0.1, 0.15) is 31.6 Å². The number of fused-ring (bicyclic) bond motifs is 4. The molecule has 2 atom stereocenters. The highest BCUT2D eigenvalue weighted by molar-refractivity contribution is 5.37. The van der Waals surface area contributed by atoms with Crippen LogP contribution in [0.25, 0.3) is 5.65 Å². The summed E-state index contributed by atoms with van der Waals surface area (Å²) in [5, 5.41) is 12.4. The van der Waals surface area contributed by atoms with E-state index in [1.54, 1.807) is 0 Å². The lowest BCUT2D eigenvalue weighted by Crippen LogP contribution is -2.56. The van der Waals surface area contributed by atoms with Crippen molar-refractivity contribution >= 4 is 5.65 Å². The molecular formula is C15H21N5. The summed E-state index contributed by atoms with van der Waals surface area (Å²) in [6.07, 6.45) is 4.72. The van der Waals surface area contributed by atoms with Crippen molar-refractivity contribution in [3.63, 3.8) is 0 Å². The van der Waals surface area contributed by atoms with E-state index in [2.05, 4.69) is 31.7 Å². The van der Waals surface area contributed by atoms with Crippen LogP contribution in [0.4, 0.5) is 0 Å². The van der Waals surface area contributed by atoms with Crippen LogP contribution >= 0.6 is 0 Å². The Hall–Kier alpha value is -1.46. The van der Waals surface area contributed by atoms with Gasteiger partial charge < -0.3 is 10.2 Å². The Bertz CT molecular complexity index is 599. The number of hydrogen-bond acceptors (Lipinski definition) is 4. The first kappa shape index (κ1) is 12.3. The number of rotatable bonds is 3. The molecule has 5 nitrogen and oxygen atoms in total. The molecule has 5 rings (SSSR count). The molecule has 2 unspecified atom stereocenters. The van der Waals surface area contributed by atoms with Gasteiger partial charge in [0, 0.05) is 18.8 Å². The zero-order valence-electron chi connectivity index (χ0n) is 11.9. The fourth-order valence-corrected chi connectivity index (χ4v) is 3.70. The van der Waals surface area contributed by atoms with Crippen molar-refractivity contribution in [2.75, 3.05) is 19.6 Å². The van der Waals surface area contributed by atoms with Crippen LogP contribution < -0.4 is 5.32 Å². The molecule has 0 aromatic carbocycles. The Balaban J connectivity index is 1.54. The standard InChI is InChI=1S/C15H21N5/c1-11(15-18-17-14-4-2-3-7-20(14)15)16-13-10-19-8-5-12(13)6-9-19/h2-4,7,11-13,16H,5-6,8-10H2,1H3. The minimum absolute atomic E-state index is 0.234. The van der Waals surface area contributed by atoms with Crippen LogP contribution in [0.3, 0.4) is 0 Å². The zero-order valence-corrected chi connectivity index (χ0v) is 11.9. The summed E-state index contributed by atoms with van der Waals surface area (Å²) in [5.41, 5.74) is 0.921. The monoisotopic (exact) mass is 271 g/mol. The smallest absolute Gasteiger partial charge is 0.160 e. The van der Waals surface area contributed by atoms with Crippen molar-refractivity contribution in [1.82, 2.24) is 24.8 Å². The van der Waals surface area contributed by atoms with Gasteiger partial charge in [-0.05, 0) is 50.9 Å². The molecule has 0 amide bonds. The molecule has 3 fully saturated rings. The van der Waals surface area contributed by atoms with E-state index in [1.165, 1.54) is 32.5 Å². The highest BCUT2D eigenvalue weighted by Gasteiger charge is 2.35. The molecule has 2 aromatic heterocycles. The van der Waals surface area contributed by atoms with E-state index < -0.39 is 0 Å². The molecule has 0 saturated carbocycles. The average molecular weight is 271 g/mol. The lowest BCUT2D eigenvalue weighted by Gasteiger charge is -2.45. The number of nitrogens with one attached hydrogen (secondary N) is 1. The molecule has 5 heterocycles. The van der Waals surface area contributed by atoms with Crippen molar-refractivity contribution in [1.29, 1.82) is 0 Å². The van der Waals surface area contributed by atoms with Gasteiger partial charge in [0.25, 0.3) is 0 Å². The van der Waals surface area contributed by atoms with Gasteiger partial charge in [-0.1, -0.05) is 6.07 Å². The second-order valence-corrected chi connectivity index (χ2v) is 6.12. The lowest BCUT2D eigenvalue weighted by atomic mass is 9.83. The molecule has 2 bridgehead atoms. The van der Waals surface area contributed by atoms with Crippen LogP contribution in [0.5, 0.6) is 0 Å². The molecule has 3 saturated heterocycles. The molecule has 106 valence electrons. The Labute approximate surface area is 119 Å². The van der Waals surface area contributed by atoms with Crippen LogP contribution in [0.15, 0.2) is 24.4 Å². The maximum Gasteiger partial charge on any atom is 0.160 e. The second kappa shape index (κ2) is 4.82. The number of hydrogen-bond donors (Lipinski definition) is 1. The summed E-state index contributed by atoms with van der Waals surface area (Å²) in [5.74, 6) is 1.85. The molecule has 20 heavy (non-hydrogen) atoms. The molecule has 0 radical (unpaired) electrons. The first-order valence-corrected chi connectivity index (χ1v) is 7.59. The van der Waals surface area contributed by atoms with Gasteiger partial charge in [-0.25, -0.2) is 0 Å². The summed E-state index contributed by atoms with van der Waals surface area (Å²) in [4.78, 5) is 2.58. The molecule has 0 spiro atoms. The lowest BCUT2D eigenvalue weighted by molar-refractivity contribution is 0.0674. The first-order valence-electron chi connectivity index (χ1n) is 7.59. The summed E-state index contributed by atoms with van der Waals surface area (Å²) >= 11 is 0. The first-order chi connectivity index (χ1) is 9.81. The third-order valence-electron chi connectivity index (χ3n) is 4.85. The van der Waals surface area contributed by atoms with Crippen LogP contribution in [0, 0.1) is 5.92 Å². The molecule has 2 aromatic rings. The van der Waals surface area contributed by atoms with Crippen molar-refractivity contribution in [2.24, 2.45) is 5.92 Å². The molecule has 5 heteroatoms. The summed E-state index contributed by atoms with van der Waals surface area (Å²) < 4.78 is 2.08. The molecule has 1 N–H and O–H groups in total. The Morgan fingerprint density at radius 3 is 2.85 bits per heavy atom. The maximum absolute atomic E-state index is 4.36. The van der Waals surface area contributed by atoms with Crippen molar-refractivity contribution in [3.05, 3.63) is 30.2 Å². The second-order valence-electron chi connectivity index (χ2n) is 6.12. The van der Waals surface area contributed by atoms with Crippen LogP contribution in [-0.4, -0.2) is 45.2 Å². The fraction of sp³-hybridized carbons (Fsp3) is 0.600. The van der Waals surface area contributed by atoms with Crippen LogP contribution in [0.2, 0.25) is 0 Å². The topological polar surface area (TPSA) is 45.5 Å². The Morgan fingerprint density at radius 1 is 1.25 bits per heavy atom. The number of aromatic nitrogens is 3. The normalized spacial score (nSPS) is 30.8. The fourth-order valence-electron chi connectivity index (χ4n) is 3.70. The maximum atomic E-state index is 4.36. The van der Waals surface area contributed by atoms with E-state index in [9.17, 15) is 0 Å². The highest BCUT2D eigenvalue weighted by atomic mass is 15.3. The van der Waals surface area contributed by atoms with Crippen molar-refractivity contribution < 1.29 is 0 Å². The van der Waals surface area contributed by atoms with Gasteiger partial charge in [0.05, 0.1) is 6.04 Å². The summed E-state index contributed by atoms with van der Waals surface area (Å²) in [6, 6.07) is 6.86. The minimum Gasteiger partial charge on any atom is -0.303 e. The van der Waals surface area contributed by atoms with E-state index in [0.717, 1.165) is 17.4 Å². The third-order valence-corrected chi connectivity index (χ3v) is 4.85. The Morgan fingerprint density at radius 2 is 2.10 bits per heavy atom. The largest absolute Gasteiger partial charge is 0.303 e.